The highest BCUT2D eigenvalue weighted by Gasteiger charge is 2.22. The Bertz CT molecular complexity index is 101. The van der Waals surface area contributed by atoms with Crippen molar-refractivity contribution < 1.29 is 4.79 Å². The minimum atomic E-state index is -0.0509. The molecule has 2 amide bonds. The van der Waals surface area contributed by atoms with Gasteiger partial charge in [-0.1, -0.05) is 0 Å². The van der Waals surface area contributed by atoms with Crippen LogP contribution in [0, 0.1) is 0 Å². The minimum absolute atomic E-state index is 0.0509. The average Bonchev–Trinajstić information content (AvgIpc) is 1.85. The van der Waals surface area contributed by atoms with E-state index in [0.717, 1.165) is 0 Å². The van der Waals surface area contributed by atoms with Crippen LogP contribution < -0.4 is 10.6 Å². The molecule has 0 spiro atoms. The van der Waals surface area contributed by atoms with Gasteiger partial charge in [-0.25, -0.2) is 4.79 Å². The molecule has 2 atom stereocenters. The van der Waals surface area contributed by atoms with E-state index in [0.29, 0.717) is 0 Å². The number of rotatable bonds is 0. The smallest absolute Gasteiger partial charge is 0.315 e. The molecule has 0 radical (unpaired) electrons. The van der Waals surface area contributed by atoms with Crippen LogP contribution in [-0.2, 0) is 0 Å². The van der Waals surface area contributed by atoms with Gasteiger partial charge in [-0.3, -0.25) is 0 Å². The van der Waals surface area contributed by atoms with E-state index in [4.69, 9.17) is 0 Å². The summed E-state index contributed by atoms with van der Waals surface area (Å²) in [5, 5.41) is 5.43. The number of amides is 2. The van der Waals surface area contributed by atoms with Gasteiger partial charge in [0, 0.05) is 12.1 Å². The summed E-state index contributed by atoms with van der Waals surface area (Å²) in [5.41, 5.74) is 0. The molecule has 0 saturated carbocycles. The largest absolute Gasteiger partial charge is 0.334 e. The molecule has 3 nitrogen and oxygen atoms in total. The first-order valence-electron chi connectivity index (χ1n) is 2.77. The van der Waals surface area contributed by atoms with Crippen molar-refractivity contribution in [2.75, 3.05) is 0 Å². The summed E-state index contributed by atoms with van der Waals surface area (Å²) in [6.45, 7) is 3.95. The first kappa shape index (κ1) is 5.41. The van der Waals surface area contributed by atoms with Crippen molar-refractivity contribution in [2.24, 2.45) is 0 Å². The summed E-state index contributed by atoms with van der Waals surface area (Å²) in [4.78, 5) is 10.4. The van der Waals surface area contributed by atoms with Gasteiger partial charge in [-0.15, -0.1) is 0 Å². The molecule has 1 fully saturated rings. The maximum absolute atomic E-state index is 10.4. The molecule has 0 aromatic carbocycles. The van der Waals surface area contributed by atoms with Crippen LogP contribution in [0.1, 0.15) is 13.8 Å². The quantitative estimate of drug-likeness (QED) is 0.460. The molecular weight excluding hydrogens is 104 g/mol. The lowest BCUT2D eigenvalue weighted by Gasteiger charge is -2.04. The van der Waals surface area contributed by atoms with Gasteiger partial charge in [0.05, 0.1) is 0 Å². The zero-order valence-electron chi connectivity index (χ0n) is 5.06. The third kappa shape index (κ3) is 0.757. The molecule has 8 heavy (non-hydrogen) atoms. The third-order valence-corrected chi connectivity index (χ3v) is 1.47. The van der Waals surface area contributed by atoms with Crippen molar-refractivity contribution in [3.63, 3.8) is 0 Å². The molecule has 0 aliphatic carbocycles. The Morgan fingerprint density at radius 1 is 1.25 bits per heavy atom. The Hall–Kier alpha value is -0.730. The number of carbonyl (C=O) groups excluding carboxylic acids is 1. The van der Waals surface area contributed by atoms with E-state index in [2.05, 4.69) is 10.6 Å². The molecule has 0 aromatic heterocycles. The Labute approximate surface area is 48.5 Å². The van der Waals surface area contributed by atoms with Crippen LogP contribution in [-0.4, -0.2) is 18.1 Å². The van der Waals surface area contributed by atoms with Crippen LogP contribution in [0.5, 0.6) is 0 Å². The van der Waals surface area contributed by atoms with Gasteiger partial charge in [-0.05, 0) is 13.8 Å². The lowest BCUT2D eigenvalue weighted by Crippen LogP contribution is -2.26. The summed E-state index contributed by atoms with van der Waals surface area (Å²) in [5.74, 6) is 0. The van der Waals surface area contributed by atoms with Gasteiger partial charge < -0.3 is 10.6 Å². The molecule has 3 heteroatoms. The van der Waals surface area contributed by atoms with Gasteiger partial charge in [0.2, 0.25) is 0 Å². The molecule has 1 aliphatic heterocycles. The summed E-state index contributed by atoms with van der Waals surface area (Å²) in [7, 11) is 0. The van der Waals surface area contributed by atoms with Crippen LogP contribution in [0.25, 0.3) is 0 Å². The molecule has 0 aromatic rings. The first-order chi connectivity index (χ1) is 3.70. The highest BCUT2D eigenvalue weighted by atomic mass is 16.2. The van der Waals surface area contributed by atoms with E-state index >= 15 is 0 Å². The maximum Gasteiger partial charge on any atom is 0.315 e. The Morgan fingerprint density at radius 3 is 1.75 bits per heavy atom. The van der Waals surface area contributed by atoms with E-state index in [9.17, 15) is 4.79 Å². The molecule has 0 unspecified atom stereocenters. The average molecular weight is 114 g/mol. The van der Waals surface area contributed by atoms with Gasteiger partial charge >= 0.3 is 6.03 Å². The number of urea groups is 1. The van der Waals surface area contributed by atoms with Gasteiger partial charge in [0.25, 0.3) is 0 Å². The standard InChI is InChI=1S/C5H10N2O/c1-3-4(2)7-5(8)6-3/h3-4H,1-2H3,(H2,6,7,8)/t3-,4+. The van der Waals surface area contributed by atoms with E-state index in [-0.39, 0.29) is 18.1 Å². The SMILES string of the molecule is C[C@@H]1NC(=O)N[C@@H]1C. The van der Waals surface area contributed by atoms with Gasteiger partial charge in [-0.2, -0.15) is 0 Å². The van der Waals surface area contributed by atoms with Gasteiger partial charge in [0.1, 0.15) is 0 Å². The maximum atomic E-state index is 10.4. The fraction of sp³-hybridized carbons (Fsp3) is 0.800. The van der Waals surface area contributed by atoms with Crippen molar-refractivity contribution in [1.82, 2.24) is 10.6 Å². The molecule has 46 valence electrons. The molecule has 2 N–H and O–H groups in total. The monoisotopic (exact) mass is 114 g/mol. The van der Waals surface area contributed by atoms with Crippen molar-refractivity contribution in [2.45, 2.75) is 25.9 Å². The molecule has 1 heterocycles. The number of carbonyl (C=O) groups is 1. The first-order valence-corrected chi connectivity index (χ1v) is 2.77. The second-order valence-electron chi connectivity index (χ2n) is 2.20. The molecular formula is C5H10N2O. The Kier molecular flexibility index (Phi) is 1.12. The van der Waals surface area contributed by atoms with Crippen LogP contribution in [0.3, 0.4) is 0 Å². The Morgan fingerprint density at radius 2 is 1.62 bits per heavy atom. The van der Waals surface area contributed by atoms with Crippen LogP contribution in [0.2, 0.25) is 0 Å². The lowest BCUT2D eigenvalue weighted by molar-refractivity contribution is 0.247. The van der Waals surface area contributed by atoms with Crippen LogP contribution in [0.4, 0.5) is 4.79 Å². The van der Waals surface area contributed by atoms with Crippen molar-refractivity contribution in [3.8, 4) is 0 Å². The summed E-state index contributed by atoms with van der Waals surface area (Å²) >= 11 is 0. The lowest BCUT2D eigenvalue weighted by atomic mass is 10.2. The predicted octanol–water partition coefficient (Wildman–Crippen LogP) is 0.0762. The highest BCUT2D eigenvalue weighted by molar-refractivity contribution is 5.77. The van der Waals surface area contributed by atoms with Crippen molar-refractivity contribution in [1.29, 1.82) is 0 Å². The highest BCUT2D eigenvalue weighted by Crippen LogP contribution is 1.97. The number of hydrogen-bond donors (Lipinski definition) is 2. The summed E-state index contributed by atoms with van der Waals surface area (Å²) < 4.78 is 0. The number of hydrogen-bond acceptors (Lipinski definition) is 1. The zero-order valence-corrected chi connectivity index (χ0v) is 5.06. The second-order valence-corrected chi connectivity index (χ2v) is 2.20. The fourth-order valence-corrected chi connectivity index (χ4v) is 0.705. The van der Waals surface area contributed by atoms with E-state index in [1.54, 1.807) is 0 Å². The molecule has 1 rings (SSSR count). The van der Waals surface area contributed by atoms with Crippen molar-refractivity contribution >= 4 is 6.03 Å². The van der Waals surface area contributed by atoms with E-state index in [1.807, 2.05) is 13.8 Å². The fourth-order valence-electron chi connectivity index (χ4n) is 0.705. The predicted molar refractivity (Wildman–Crippen MR) is 30.6 cm³/mol. The van der Waals surface area contributed by atoms with Crippen LogP contribution >= 0.6 is 0 Å². The molecule has 1 saturated heterocycles. The summed E-state index contributed by atoms with van der Waals surface area (Å²) in [6, 6.07) is 0.509. The Balaban J connectivity index is 2.51. The minimum Gasteiger partial charge on any atom is -0.334 e. The van der Waals surface area contributed by atoms with Gasteiger partial charge in [0.15, 0.2) is 0 Å². The topological polar surface area (TPSA) is 41.1 Å². The normalized spacial score (nSPS) is 36.5. The van der Waals surface area contributed by atoms with E-state index in [1.165, 1.54) is 0 Å². The van der Waals surface area contributed by atoms with E-state index < -0.39 is 0 Å². The number of nitrogens with one attached hydrogen (secondary N) is 2. The third-order valence-electron chi connectivity index (χ3n) is 1.47. The molecule has 0 bridgehead atoms. The second kappa shape index (κ2) is 1.65. The van der Waals surface area contributed by atoms with Crippen molar-refractivity contribution in [3.05, 3.63) is 0 Å². The van der Waals surface area contributed by atoms with Crippen LogP contribution in [0.15, 0.2) is 0 Å². The zero-order chi connectivity index (χ0) is 6.15. The molecule has 1 aliphatic rings. The summed E-state index contributed by atoms with van der Waals surface area (Å²) in [6.07, 6.45) is 0.